The number of fused-ring (bicyclic) bond motifs is 1. The number of nitrogens with zero attached hydrogens (tertiary/aromatic N) is 4. The van der Waals surface area contributed by atoms with E-state index in [1.165, 1.54) is 11.1 Å². The first-order valence-corrected chi connectivity index (χ1v) is 8.42. The normalized spacial score (nSPS) is 14.1. The summed E-state index contributed by atoms with van der Waals surface area (Å²) in [5.41, 5.74) is 4.67. The molecule has 5 nitrogen and oxygen atoms in total. The molecule has 0 fully saturated rings. The Bertz CT molecular complexity index is 849. The fourth-order valence-electron chi connectivity index (χ4n) is 3.12. The van der Waals surface area contributed by atoms with Gasteiger partial charge < -0.3 is 4.74 Å². The maximum absolute atomic E-state index is 5.23. The molecular formula is C20H20N4O. The predicted octanol–water partition coefficient (Wildman–Crippen LogP) is 3.11. The fraction of sp³-hybridized carbons (Fsp3) is 0.250. The van der Waals surface area contributed by atoms with Crippen LogP contribution in [0.25, 0.3) is 11.4 Å². The second-order valence-electron chi connectivity index (χ2n) is 6.21. The predicted molar refractivity (Wildman–Crippen MR) is 96.1 cm³/mol. The van der Waals surface area contributed by atoms with E-state index < -0.39 is 0 Å². The number of rotatable bonds is 4. The van der Waals surface area contributed by atoms with Crippen molar-refractivity contribution in [3.63, 3.8) is 0 Å². The van der Waals surface area contributed by atoms with Gasteiger partial charge in [0.1, 0.15) is 5.75 Å². The van der Waals surface area contributed by atoms with E-state index in [1.807, 2.05) is 30.5 Å². The summed E-state index contributed by atoms with van der Waals surface area (Å²) in [6.45, 7) is 2.79. The zero-order valence-electron chi connectivity index (χ0n) is 14.2. The Kier molecular flexibility index (Phi) is 4.39. The third kappa shape index (κ3) is 3.51. The van der Waals surface area contributed by atoms with E-state index in [-0.39, 0.29) is 0 Å². The third-order valence-electron chi connectivity index (χ3n) is 4.53. The van der Waals surface area contributed by atoms with Crippen LogP contribution in [-0.4, -0.2) is 33.5 Å². The highest BCUT2D eigenvalue weighted by atomic mass is 16.5. The van der Waals surface area contributed by atoms with Gasteiger partial charge in [-0.25, -0.2) is 9.97 Å². The Morgan fingerprint density at radius 2 is 1.88 bits per heavy atom. The van der Waals surface area contributed by atoms with Crippen molar-refractivity contribution in [2.75, 3.05) is 13.7 Å². The van der Waals surface area contributed by atoms with Crippen LogP contribution in [0.2, 0.25) is 0 Å². The highest BCUT2D eigenvalue weighted by Gasteiger charge is 2.19. The largest absolute Gasteiger partial charge is 0.497 e. The molecule has 0 aliphatic carbocycles. The van der Waals surface area contributed by atoms with Crippen LogP contribution in [0.4, 0.5) is 0 Å². The summed E-state index contributed by atoms with van der Waals surface area (Å²) in [5, 5.41) is 0. The lowest BCUT2D eigenvalue weighted by Crippen LogP contribution is -2.31. The number of hydrogen-bond acceptors (Lipinski definition) is 5. The van der Waals surface area contributed by atoms with Crippen LogP contribution < -0.4 is 4.74 Å². The lowest BCUT2D eigenvalue weighted by atomic mass is 10.1. The van der Waals surface area contributed by atoms with Gasteiger partial charge in [-0.05, 0) is 41.8 Å². The Morgan fingerprint density at radius 3 is 2.64 bits per heavy atom. The van der Waals surface area contributed by atoms with Gasteiger partial charge >= 0.3 is 0 Å². The summed E-state index contributed by atoms with van der Waals surface area (Å²) in [5.74, 6) is 1.66. The Hall–Kier alpha value is -2.79. The molecule has 0 unspecified atom stereocenters. The highest BCUT2D eigenvalue weighted by molar-refractivity contribution is 5.54. The molecule has 3 heterocycles. The molecule has 25 heavy (non-hydrogen) atoms. The first kappa shape index (κ1) is 15.7. The van der Waals surface area contributed by atoms with Crippen LogP contribution in [0.3, 0.4) is 0 Å². The van der Waals surface area contributed by atoms with Gasteiger partial charge in [-0.2, -0.15) is 0 Å². The molecule has 0 amide bonds. The topological polar surface area (TPSA) is 51.1 Å². The summed E-state index contributed by atoms with van der Waals surface area (Å²) in [6, 6.07) is 12.2. The second kappa shape index (κ2) is 6.99. The average Bonchev–Trinajstić information content (AvgIpc) is 2.69. The van der Waals surface area contributed by atoms with Crippen molar-refractivity contribution in [3.05, 3.63) is 71.8 Å². The van der Waals surface area contributed by atoms with Gasteiger partial charge in [0, 0.05) is 43.8 Å². The molecule has 0 saturated carbocycles. The lowest BCUT2D eigenvalue weighted by Gasteiger charge is -2.28. The van der Waals surface area contributed by atoms with Gasteiger partial charge in [-0.15, -0.1) is 0 Å². The van der Waals surface area contributed by atoms with Crippen molar-refractivity contribution in [3.8, 4) is 17.1 Å². The first-order chi connectivity index (χ1) is 12.3. The molecule has 1 aliphatic heterocycles. The molecule has 0 saturated heterocycles. The van der Waals surface area contributed by atoms with Gasteiger partial charge in [0.2, 0.25) is 0 Å². The molecule has 4 rings (SSSR count). The van der Waals surface area contributed by atoms with Crippen LogP contribution in [0.1, 0.15) is 16.8 Å². The summed E-state index contributed by atoms with van der Waals surface area (Å²) >= 11 is 0. The van der Waals surface area contributed by atoms with Gasteiger partial charge in [-0.1, -0.05) is 12.1 Å². The number of aromatic nitrogens is 3. The molecule has 0 radical (unpaired) electrons. The Balaban J connectivity index is 1.51. The number of methoxy groups -OCH3 is 1. The van der Waals surface area contributed by atoms with E-state index in [0.29, 0.717) is 0 Å². The van der Waals surface area contributed by atoms with E-state index in [4.69, 9.17) is 9.72 Å². The van der Waals surface area contributed by atoms with Crippen LogP contribution in [-0.2, 0) is 19.5 Å². The smallest absolute Gasteiger partial charge is 0.159 e. The molecule has 0 N–H and O–H groups in total. The summed E-state index contributed by atoms with van der Waals surface area (Å²) in [6.07, 6.45) is 6.51. The van der Waals surface area contributed by atoms with Crippen molar-refractivity contribution in [2.45, 2.75) is 19.5 Å². The van der Waals surface area contributed by atoms with Crippen molar-refractivity contribution in [2.24, 2.45) is 0 Å². The van der Waals surface area contributed by atoms with Gasteiger partial charge in [0.25, 0.3) is 0 Å². The van der Waals surface area contributed by atoms with Crippen molar-refractivity contribution in [1.82, 2.24) is 19.9 Å². The summed E-state index contributed by atoms with van der Waals surface area (Å²) in [7, 11) is 1.69. The second-order valence-corrected chi connectivity index (χ2v) is 6.21. The van der Waals surface area contributed by atoms with E-state index in [0.717, 1.165) is 48.9 Å². The third-order valence-corrected chi connectivity index (χ3v) is 4.53. The monoisotopic (exact) mass is 332 g/mol. The number of hydrogen-bond donors (Lipinski definition) is 0. The molecule has 0 atom stereocenters. The Labute approximate surface area is 147 Å². The number of pyridine rings is 1. The first-order valence-electron chi connectivity index (χ1n) is 8.42. The van der Waals surface area contributed by atoms with E-state index >= 15 is 0 Å². The minimum Gasteiger partial charge on any atom is -0.497 e. The molecule has 0 bridgehead atoms. The van der Waals surface area contributed by atoms with Gasteiger partial charge in [-0.3, -0.25) is 9.88 Å². The van der Waals surface area contributed by atoms with Crippen molar-refractivity contribution < 1.29 is 4.74 Å². The molecule has 3 aromatic rings. The number of ether oxygens (including phenoxy) is 1. The fourth-order valence-corrected chi connectivity index (χ4v) is 3.12. The SMILES string of the molecule is COc1ccc(CN2CCc3cnc(-c4ccncc4)nc3C2)cc1. The Morgan fingerprint density at radius 1 is 1.08 bits per heavy atom. The molecule has 0 spiro atoms. The highest BCUT2D eigenvalue weighted by Crippen LogP contribution is 2.22. The summed E-state index contributed by atoms with van der Waals surface area (Å²) < 4.78 is 5.23. The van der Waals surface area contributed by atoms with Gasteiger partial charge in [0.05, 0.1) is 12.8 Å². The number of benzene rings is 1. The van der Waals surface area contributed by atoms with E-state index in [9.17, 15) is 0 Å². The molecule has 5 heteroatoms. The molecule has 1 aromatic carbocycles. The van der Waals surface area contributed by atoms with Crippen LogP contribution in [0.5, 0.6) is 5.75 Å². The minimum absolute atomic E-state index is 0.771. The van der Waals surface area contributed by atoms with E-state index in [1.54, 1.807) is 19.5 Å². The van der Waals surface area contributed by atoms with Gasteiger partial charge in [0.15, 0.2) is 5.82 Å². The van der Waals surface area contributed by atoms with Crippen LogP contribution in [0, 0.1) is 0 Å². The quantitative estimate of drug-likeness (QED) is 0.735. The minimum atomic E-state index is 0.771. The van der Waals surface area contributed by atoms with Crippen molar-refractivity contribution in [1.29, 1.82) is 0 Å². The molecule has 1 aliphatic rings. The van der Waals surface area contributed by atoms with Crippen molar-refractivity contribution >= 4 is 0 Å². The molecule has 2 aromatic heterocycles. The lowest BCUT2D eigenvalue weighted by molar-refractivity contribution is 0.241. The summed E-state index contributed by atoms with van der Waals surface area (Å²) in [4.78, 5) is 15.8. The standard InChI is InChI=1S/C20H20N4O/c1-25-18-4-2-15(3-5-18)13-24-11-8-17-12-22-20(23-19(17)14-24)16-6-9-21-10-7-16/h2-7,9-10,12H,8,11,13-14H2,1H3. The zero-order chi connectivity index (χ0) is 17.1. The van der Waals surface area contributed by atoms with E-state index in [2.05, 4.69) is 27.0 Å². The maximum atomic E-state index is 5.23. The van der Waals surface area contributed by atoms with Crippen LogP contribution >= 0.6 is 0 Å². The zero-order valence-corrected chi connectivity index (χ0v) is 14.2. The molecule has 126 valence electrons. The maximum Gasteiger partial charge on any atom is 0.159 e. The van der Waals surface area contributed by atoms with Crippen LogP contribution in [0.15, 0.2) is 55.0 Å². The average molecular weight is 332 g/mol. The molecular weight excluding hydrogens is 312 g/mol.